The molecule has 1 aliphatic rings. The van der Waals surface area contributed by atoms with E-state index in [1.54, 1.807) is 0 Å². The van der Waals surface area contributed by atoms with E-state index in [0.717, 1.165) is 5.92 Å². The highest BCUT2D eigenvalue weighted by Gasteiger charge is 2.45. The molecule has 13 heavy (non-hydrogen) atoms. The summed E-state index contributed by atoms with van der Waals surface area (Å²) in [5.41, 5.74) is 0.199. The van der Waals surface area contributed by atoms with Crippen molar-refractivity contribution in [3.05, 3.63) is 0 Å². The first-order valence-corrected chi connectivity index (χ1v) is 5.47. The maximum atomic E-state index is 10.2. The van der Waals surface area contributed by atoms with Crippen molar-refractivity contribution < 1.29 is 5.11 Å². The molecular weight excluding hydrogens is 160 g/mol. The van der Waals surface area contributed by atoms with Crippen molar-refractivity contribution >= 4 is 0 Å². The summed E-state index contributed by atoms with van der Waals surface area (Å²) in [4.78, 5) is 0. The molecule has 0 aliphatic heterocycles. The summed E-state index contributed by atoms with van der Waals surface area (Å²) in [6, 6.07) is 0. The molecule has 0 radical (unpaired) electrons. The lowest BCUT2D eigenvalue weighted by Gasteiger charge is -2.49. The molecule has 78 valence electrons. The van der Waals surface area contributed by atoms with Gasteiger partial charge in [0.1, 0.15) is 0 Å². The van der Waals surface area contributed by atoms with Gasteiger partial charge in [-0.3, -0.25) is 0 Å². The summed E-state index contributed by atoms with van der Waals surface area (Å²) >= 11 is 0. The Balaban J connectivity index is 2.82. The van der Waals surface area contributed by atoms with Gasteiger partial charge in [-0.1, -0.05) is 41.0 Å². The second-order valence-electron chi connectivity index (χ2n) is 6.06. The third kappa shape index (κ3) is 2.07. The molecule has 0 unspecified atom stereocenters. The van der Waals surface area contributed by atoms with Crippen molar-refractivity contribution in [2.24, 2.45) is 16.7 Å². The van der Waals surface area contributed by atoms with Crippen molar-refractivity contribution in [1.29, 1.82) is 0 Å². The van der Waals surface area contributed by atoms with Gasteiger partial charge in [0.2, 0.25) is 0 Å². The summed E-state index contributed by atoms with van der Waals surface area (Å²) in [7, 11) is 0. The number of rotatable bonds is 1. The molecule has 0 aromatic heterocycles. The highest BCUT2D eigenvalue weighted by atomic mass is 16.3. The minimum atomic E-state index is -0.150. The summed E-state index contributed by atoms with van der Waals surface area (Å²) in [5, 5.41) is 10.2. The Morgan fingerprint density at radius 2 is 1.46 bits per heavy atom. The second kappa shape index (κ2) is 3.27. The maximum absolute atomic E-state index is 10.2. The van der Waals surface area contributed by atoms with Crippen LogP contribution in [-0.2, 0) is 0 Å². The average molecular weight is 184 g/mol. The zero-order chi connectivity index (χ0) is 10.3. The number of hydrogen-bond donors (Lipinski definition) is 1. The molecule has 1 saturated carbocycles. The third-order valence-electron chi connectivity index (χ3n) is 3.69. The van der Waals surface area contributed by atoms with E-state index in [4.69, 9.17) is 0 Å². The van der Waals surface area contributed by atoms with Crippen LogP contribution in [0.4, 0.5) is 0 Å². The Bertz CT molecular complexity index is 164. The molecule has 0 amide bonds. The highest BCUT2D eigenvalue weighted by molar-refractivity contribution is 4.96. The smallest absolute Gasteiger partial charge is 0.0642 e. The van der Waals surface area contributed by atoms with E-state index in [-0.39, 0.29) is 16.9 Å². The lowest BCUT2D eigenvalue weighted by molar-refractivity contribution is -0.0951. The maximum Gasteiger partial charge on any atom is 0.0642 e. The van der Waals surface area contributed by atoms with E-state index < -0.39 is 0 Å². The minimum absolute atomic E-state index is 0.0996. The Morgan fingerprint density at radius 3 is 1.77 bits per heavy atom. The molecule has 1 fully saturated rings. The summed E-state index contributed by atoms with van der Waals surface area (Å²) in [5.74, 6) is 0.799. The lowest BCUT2D eigenvalue weighted by atomic mass is 9.59. The molecule has 0 atom stereocenters. The van der Waals surface area contributed by atoms with Crippen LogP contribution in [0.5, 0.6) is 0 Å². The van der Waals surface area contributed by atoms with Crippen molar-refractivity contribution in [3.8, 4) is 0 Å². The van der Waals surface area contributed by atoms with Gasteiger partial charge in [0.25, 0.3) is 0 Å². The van der Waals surface area contributed by atoms with E-state index in [1.165, 1.54) is 19.3 Å². The quantitative estimate of drug-likeness (QED) is 0.663. The van der Waals surface area contributed by atoms with Crippen molar-refractivity contribution in [1.82, 2.24) is 0 Å². The fourth-order valence-electron chi connectivity index (χ4n) is 3.13. The molecule has 0 saturated heterocycles. The SMILES string of the molecule is CCC1CC(C)(C)C(O)C(C)(C)C1. The normalized spacial score (nSPS) is 37.4. The highest BCUT2D eigenvalue weighted by Crippen LogP contribution is 2.49. The van der Waals surface area contributed by atoms with Crippen LogP contribution >= 0.6 is 0 Å². The van der Waals surface area contributed by atoms with Crippen LogP contribution in [0.2, 0.25) is 0 Å². The first kappa shape index (κ1) is 11.0. The zero-order valence-electron chi connectivity index (χ0n) is 9.72. The van der Waals surface area contributed by atoms with E-state index >= 15 is 0 Å². The molecule has 1 N–H and O–H groups in total. The van der Waals surface area contributed by atoms with Crippen molar-refractivity contribution in [2.75, 3.05) is 0 Å². The summed E-state index contributed by atoms with van der Waals surface area (Å²) in [6.07, 6.45) is 3.45. The van der Waals surface area contributed by atoms with Gasteiger partial charge in [-0.2, -0.15) is 0 Å². The van der Waals surface area contributed by atoms with Crippen LogP contribution in [0.15, 0.2) is 0 Å². The van der Waals surface area contributed by atoms with Crippen LogP contribution < -0.4 is 0 Å². The van der Waals surface area contributed by atoms with Crippen LogP contribution in [0, 0.1) is 16.7 Å². The molecule has 0 bridgehead atoms. The molecule has 1 rings (SSSR count). The van der Waals surface area contributed by atoms with Gasteiger partial charge in [0.15, 0.2) is 0 Å². The second-order valence-corrected chi connectivity index (χ2v) is 6.06. The Labute approximate surface area is 82.5 Å². The van der Waals surface area contributed by atoms with E-state index in [1.807, 2.05) is 0 Å². The molecule has 0 spiro atoms. The third-order valence-corrected chi connectivity index (χ3v) is 3.69. The fraction of sp³-hybridized carbons (Fsp3) is 1.00. The Hall–Kier alpha value is -0.0400. The van der Waals surface area contributed by atoms with E-state index in [2.05, 4.69) is 34.6 Å². The standard InChI is InChI=1S/C12H24O/c1-6-9-7-11(2,3)10(13)12(4,5)8-9/h9-10,13H,6-8H2,1-5H3. The van der Waals surface area contributed by atoms with Gasteiger partial charge in [0.05, 0.1) is 6.10 Å². The van der Waals surface area contributed by atoms with Gasteiger partial charge in [0, 0.05) is 0 Å². The zero-order valence-corrected chi connectivity index (χ0v) is 9.72. The molecule has 0 heterocycles. The molecule has 0 aromatic rings. The van der Waals surface area contributed by atoms with Gasteiger partial charge in [-0.25, -0.2) is 0 Å². The van der Waals surface area contributed by atoms with Gasteiger partial charge >= 0.3 is 0 Å². The van der Waals surface area contributed by atoms with Crippen LogP contribution in [0.3, 0.4) is 0 Å². The molecule has 1 heteroatoms. The van der Waals surface area contributed by atoms with Gasteiger partial charge in [-0.05, 0) is 29.6 Å². The fourth-order valence-corrected chi connectivity index (χ4v) is 3.13. The van der Waals surface area contributed by atoms with Crippen LogP contribution in [0.1, 0.15) is 53.9 Å². The van der Waals surface area contributed by atoms with Gasteiger partial charge < -0.3 is 5.11 Å². The summed E-state index contributed by atoms with van der Waals surface area (Å²) in [6.45, 7) is 11.0. The predicted octanol–water partition coefficient (Wildman–Crippen LogP) is 3.22. The topological polar surface area (TPSA) is 20.2 Å². The van der Waals surface area contributed by atoms with Gasteiger partial charge in [-0.15, -0.1) is 0 Å². The minimum Gasteiger partial charge on any atom is -0.392 e. The molecule has 0 aromatic carbocycles. The number of aliphatic hydroxyl groups is 1. The van der Waals surface area contributed by atoms with Crippen LogP contribution in [-0.4, -0.2) is 11.2 Å². The average Bonchev–Trinajstić information content (AvgIpc) is 1.99. The summed E-state index contributed by atoms with van der Waals surface area (Å²) < 4.78 is 0. The van der Waals surface area contributed by atoms with Crippen molar-refractivity contribution in [2.45, 2.75) is 60.0 Å². The molecule has 1 nitrogen and oxygen atoms in total. The first-order chi connectivity index (χ1) is 5.79. The predicted molar refractivity (Wildman–Crippen MR) is 56.6 cm³/mol. The number of hydrogen-bond acceptors (Lipinski definition) is 1. The lowest BCUT2D eigenvalue weighted by Crippen LogP contribution is -2.48. The molecule has 1 aliphatic carbocycles. The first-order valence-electron chi connectivity index (χ1n) is 5.47. The Morgan fingerprint density at radius 1 is 1.08 bits per heavy atom. The van der Waals surface area contributed by atoms with Crippen molar-refractivity contribution in [3.63, 3.8) is 0 Å². The van der Waals surface area contributed by atoms with Crippen LogP contribution in [0.25, 0.3) is 0 Å². The van der Waals surface area contributed by atoms with E-state index in [0.29, 0.717) is 0 Å². The Kier molecular flexibility index (Phi) is 2.78. The number of aliphatic hydroxyl groups excluding tert-OH is 1. The monoisotopic (exact) mass is 184 g/mol. The molecular formula is C12H24O. The van der Waals surface area contributed by atoms with E-state index in [9.17, 15) is 5.11 Å². The largest absolute Gasteiger partial charge is 0.392 e.